The Bertz CT molecular complexity index is 487. The predicted molar refractivity (Wildman–Crippen MR) is 92.4 cm³/mol. The number of nitrogen functional groups attached to an aromatic ring is 1. The molecule has 0 saturated heterocycles. The van der Waals surface area contributed by atoms with Gasteiger partial charge in [-0.1, -0.05) is 68.1 Å². The quantitative estimate of drug-likeness (QED) is 0.483. The molecule has 0 unspecified atom stereocenters. The first-order valence-electron chi connectivity index (χ1n) is 8.23. The molecule has 2 N–H and O–H groups in total. The predicted octanol–water partition coefficient (Wildman–Crippen LogP) is 5.39. The molecule has 0 aromatic heterocycles. The molecule has 1 heteroatoms. The Morgan fingerprint density at radius 2 is 1.00 bits per heavy atom. The van der Waals surface area contributed by atoms with Gasteiger partial charge in [-0.2, -0.15) is 0 Å². The molecule has 2 rings (SSSR count). The fraction of sp³-hybridized carbons (Fsp3) is 0.400. The Hall–Kier alpha value is -1.76. The highest BCUT2D eigenvalue weighted by Gasteiger charge is 1.96. The normalized spacial score (nSPS) is 10.7. The Balaban J connectivity index is 1.46. The number of hydrogen-bond donors (Lipinski definition) is 1. The minimum Gasteiger partial charge on any atom is -0.399 e. The summed E-state index contributed by atoms with van der Waals surface area (Å²) >= 11 is 0. The first-order chi connectivity index (χ1) is 10.3. The van der Waals surface area contributed by atoms with Crippen LogP contribution in [-0.2, 0) is 12.8 Å². The van der Waals surface area contributed by atoms with Gasteiger partial charge in [-0.3, -0.25) is 0 Å². The second-order valence-electron chi connectivity index (χ2n) is 5.85. The lowest BCUT2D eigenvalue weighted by atomic mass is 10.0. The van der Waals surface area contributed by atoms with Crippen LogP contribution in [0.2, 0.25) is 0 Å². The van der Waals surface area contributed by atoms with Gasteiger partial charge in [-0.25, -0.2) is 0 Å². The largest absolute Gasteiger partial charge is 0.399 e. The van der Waals surface area contributed by atoms with Crippen molar-refractivity contribution in [2.75, 3.05) is 5.73 Å². The second-order valence-corrected chi connectivity index (χ2v) is 5.85. The van der Waals surface area contributed by atoms with Crippen molar-refractivity contribution < 1.29 is 0 Å². The van der Waals surface area contributed by atoms with Crippen LogP contribution in [0.4, 0.5) is 5.69 Å². The molecule has 0 fully saturated rings. The van der Waals surface area contributed by atoms with Gasteiger partial charge in [0.25, 0.3) is 0 Å². The van der Waals surface area contributed by atoms with Gasteiger partial charge in [-0.05, 0) is 48.9 Å². The van der Waals surface area contributed by atoms with Crippen molar-refractivity contribution in [2.45, 2.75) is 51.4 Å². The van der Waals surface area contributed by atoms with Crippen molar-refractivity contribution in [1.82, 2.24) is 0 Å². The SMILES string of the molecule is Nc1ccc(CCCCCCCCc2ccccc2)cc1. The average Bonchev–Trinajstić information content (AvgIpc) is 2.53. The molecule has 0 atom stereocenters. The van der Waals surface area contributed by atoms with Gasteiger partial charge in [0, 0.05) is 5.69 Å². The summed E-state index contributed by atoms with van der Waals surface area (Å²) in [6.07, 6.45) is 10.5. The molecule has 0 spiro atoms. The van der Waals surface area contributed by atoms with Gasteiger partial charge in [0.05, 0.1) is 0 Å². The Kier molecular flexibility index (Phi) is 6.87. The summed E-state index contributed by atoms with van der Waals surface area (Å²) in [5.74, 6) is 0. The second kappa shape index (κ2) is 9.23. The van der Waals surface area contributed by atoms with E-state index in [1.54, 1.807) is 0 Å². The van der Waals surface area contributed by atoms with Gasteiger partial charge in [-0.15, -0.1) is 0 Å². The standard InChI is InChI=1S/C20H27N/c21-20-16-14-19(15-17-20)13-7-4-2-1-3-6-10-18-11-8-5-9-12-18/h5,8-9,11-12,14-17H,1-4,6-7,10,13,21H2. The molecular weight excluding hydrogens is 254 g/mol. The smallest absolute Gasteiger partial charge is 0.0314 e. The molecule has 1 nitrogen and oxygen atoms in total. The van der Waals surface area contributed by atoms with E-state index >= 15 is 0 Å². The molecule has 0 heterocycles. The molecule has 0 bridgehead atoms. The first-order valence-corrected chi connectivity index (χ1v) is 8.23. The van der Waals surface area contributed by atoms with Crippen LogP contribution in [0.1, 0.15) is 49.7 Å². The number of aryl methyl sites for hydroxylation is 2. The fourth-order valence-corrected chi connectivity index (χ4v) is 2.69. The number of hydrogen-bond acceptors (Lipinski definition) is 1. The Morgan fingerprint density at radius 3 is 1.57 bits per heavy atom. The number of unbranched alkanes of at least 4 members (excludes halogenated alkanes) is 5. The molecule has 0 aliphatic rings. The van der Waals surface area contributed by atoms with E-state index in [4.69, 9.17) is 5.73 Å². The number of benzene rings is 2. The lowest BCUT2D eigenvalue weighted by Gasteiger charge is -2.04. The summed E-state index contributed by atoms with van der Waals surface area (Å²) in [4.78, 5) is 0. The van der Waals surface area contributed by atoms with Crippen molar-refractivity contribution in [2.24, 2.45) is 0 Å². The lowest BCUT2D eigenvalue weighted by molar-refractivity contribution is 0.594. The van der Waals surface area contributed by atoms with Crippen LogP contribution >= 0.6 is 0 Å². The van der Waals surface area contributed by atoms with Gasteiger partial charge in [0.2, 0.25) is 0 Å². The molecule has 0 radical (unpaired) electrons. The molecule has 2 aromatic carbocycles. The Labute approximate surface area is 129 Å². The van der Waals surface area contributed by atoms with E-state index < -0.39 is 0 Å². The zero-order valence-electron chi connectivity index (χ0n) is 12.9. The summed E-state index contributed by atoms with van der Waals surface area (Å²) in [6.45, 7) is 0. The van der Waals surface area contributed by atoms with Crippen molar-refractivity contribution in [3.63, 3.8) is 0 Å². The zero-order valence-corrected chi connectivity index (χ0v) is 12.9. The van der Waals surface area contributed by atoms with Crippen LogP contribution in [0.25, 0.3) is 0 Å². The molecular formula is C20H27N. The maximum Gasteiger partial charge on any atom is 0.0314 e. The van der Waals surface area contributed by atoms with Gasteiger partial charge in [0.15, 0.2) is 0 Å². The van der Waals surface area contributed by atoms with E-state index in [0.29, 0.717) is 0 Å². The summed E-state index contributed by atoms with van der Waals surface area (Å²) in [7, 11) is 0. The Morgan fingerprint density at radius 1 is 0.524 bits per heavy atom. The highest BCUT2D eigenvalue weighted by Crippen LogP contribution is 2.13. The van der Waals surface area contributed by atoms with E-state index in [0.717, 1.165) is 5.69 Å². The van der Waals surface area contributed by atoms with Crippen LogP contribution in [0.15, 0.2) is 54.6 Å². The van der Waals surface area contributed by atoms with E-state index in [1.165, 1.54) is 62.5 Å². The monoisotopic (exact) mass is 281 g/mol. The van der Waals surface area contributed by atoms with E-state index in [-0.39, 0.29) is 0 Å². The van der Waals surface area contributed by atoms with Crippen molar-refractivity contribution >= 4 is 5.69 Å². The summed E-state index contributed by atoms with van der Waals surface area (Å²) in [5.41, 5.74) is 9.43. The average molecular weight is 281 g/mol. The highest BCUT2D eigenvalue weighted by molar-refractivity contribution is 5.39. The molecule has 0 amide bonds. The number of nitrogens with two attached hydrogens (primary N) is 1. The highest BCUT2D eigenvalue weighted by atomic mass is 14.5. The van der Waals surface area contributed by atoms with Crippen molar-refractivity contribution in [1.29, 1.82) is 0 Å². The maximum atomic E-state index is 5.69. The minimum absolute atomic E-state index is 0.858. The molecule has 0 saturated carbocycles. The molecule has 0 aliphatic carbocycles. The van der Waals surface area contributed by atoms with Crippen LogP contribution in [0, 0.1) is 0 Å². The third kappa shape index (κ3) is 6.48. The third-order valence-corrected chi connectivity index (χ3v) is 4.00. The maximum absolute atomic E-state index is 5.69. The van der Waals surface area contributed by atoms with Crippen molar-refractivity contribution in [3.8, 4) is 0 Å². The van der Waals surface area contributed by atoms with E-state index in [2.05, 4.69) is 42.5 Å². The molecule has 112 valence electrons. The number of rotatable bonds is 9. The van der Waals surface area contributed by atoms with Crippen molar-refractivity contribution in [3.05, 3.63) is 65.7 Å². The van der Waals surface area contributed by atoms with Crippen LogP contribution in [-0.4, -0.2) is 0 Å². The lowest BCUT2D eigenvalue weighted by Crippen LogP contribution is -1.89. The van der Waals surface area contributed by atoms with Gasteiger partial charge in [0.1, 0.15) is 0 Å². The van der Waals surface area contributed by atoms with Crippen LogP contribution < -0.4 is 5.73 Å². The molecule has 0 aliphatic heterocycles. The summed E-state index contributed by atoms with van der Waals surface area (Å²) < 4.78 is 0. The van der Waals surface area contributed by atoms with Gasteiger partial charge >= 0.3 is 0 Å². The van der Waals surface area contributed by atoms with Crippen LogP contribution in [0.3, 0.4) is 0 Å². The van der Waals surface area contributed by atoms with E-state index in [9.17, 15) is 0 Å². The fourth-order valence-electron chi connectivity index (χ4n) is 2.69. The first kappa shape index (κ1) is 15.6. The molecule has 21 heavy (non-hydrogen) atoms. The summed E-state index contributed by atoms with van der Waals surface area (Å²) in [6, 6.07) is 19.1. The van der Waals surface area contributed by atoms with Gasteiger partial charge < -0.3 is 5.73 Å². The minimum atomic E-state index is 0.858. The number of anilines is 1. The molecule has 2 aromatic rings. The topological polar surface area (TPSA) is 26.0 Å². The third-order valence-electron chi connectivity index (χ3n) is 4.00. The zero-order chi connectivity index (χ0) is 14.8. The summed E-state index contributed by atoms with van der Waals surface area (Å²) in [5, 5.41) is 0. The van der Waals surface area contributed by atoms with Crippen LogP contribution in [0.5, 0.6) is 0 Å². The van der Waals surface area contributed by atoms with E-state index in [1.807, 2.05) is 12.1 Å².